The monoisotopic (exact) mass is 200 g/mol. The number of carbonyl (C=O) groups is 1. The fraction of sp³-hybridized carbons (Fsp3) is 0.222. The van der Waals surface area contributed by atoms with E-state index in [1.54, 1.807) is 0 Å². The minimum Gasteiger partial charge on any atom is -0.497 e. The van der Waals surface area contributed by atoms with Gasteiger partial charge < -0.3 is 14.9 Å². The molecule has 0 saturated carbocycles. The Balaban J connectivity index is 3.08. The van der Waals surface area contributed by atoms with Gasteiger partial charge in [0.2, 0.25) is 0 Å². The van der Waals surface area contributed by atoms with E-state index < -0.39 is 17.9 Å². The third-order valence-electron chi connectivity index (χ3n) is 1.68. The molecule has 4 nitrogen and oxygen atoms in total. The van der Waals surface area contributed by atoms with Gasteiger partial charge in [0.1, 0.15) is 11.6 Å². The summed E-state index contributed by atoms with van der Waals surface area (Å²) in [6, 6.07) is 3.31. The molecule has 1 atom stereocenters. The Hall–Kier alpha value is -1.62. The van der Waals surface area contributed by atoms with Crippen molar-refractivity contribution < 1.29 is 24.1 Å². The maximum absolute atomic E-state index is 12.9. The number of ether oxygens (including phenoxy) is 1. The van der Waals surface area contributed by atoms with Crippen molar-refractivity contribution >= 4 is 5.97 Å². The van der Waals surface area contributed by atoms with Gasteiger partial charge in [-0.15, -0.1) is 0 Å². The maximum atomic E-state index is 12.9. The number of aliphatic hydroxyl groups is 1. The van der Waals surface area contributed by atoms with E-state index in [2.05, 4.69) is 0 Å². The zero-order chi connectivity index (χ0) is 10.7. The van der Waals surface area contributed by atoms with Crippen LogP contribution in [-0.2, 0) is 4.79 Å². The number of hydrogen-bond donors (Lipinski definition) is 2. The molecule has 2 N–H and O–H groups in total. The normalized spacial score (nSPS) is 12.2. The fourth-order valence-corrected chi connectivity index (χ4v) is 1.00. The molecular formula is C9H9FO4. The Morgan fingerprint density at radius 1 is 1.50 bits per heavy atom. The molecule has 1 aromatic carbocycles. The molecule has 14 heavy (non-hydrogen) atoms. The molecule has 1 rings (SSSR count). The van der Waals surface area contributed by atoms with Crippen LogP contribution in [0.5, 0.6) is 5.75 Å². The van der Waals surface area contributed by atoms with Crippen LogP contribution in [0.25, 0.3) is 0 Å². The highest BCUT2D eigenvalue weighted by atomic mass is 19.1. The predicted molar refractivity (Wildman–Crippen MR) is 45.5 cm³/mol. The molecule has 5 heteroatoms. The summed E-state index contributed by atoms with van der Waals surface area (Å²) < 4.78 is 17.6. The highest BCUT2D eigenvalue weighted by Gasteiger charge is 2.17. The van der Waals surface area contributed by atoms with Crippen LogP contribution in [0.2, 0.25) is 0 Å². The Morgan fingerprint density at radius 3 is 2.64 bits per heavy atom. The Bertz CT molecular complexity index is 351. The lowest BCUT2D eigenvalue weighted by Crippen LogP contribution is -2.10. The number of halogens is 1. The van der Waals surface area contributed by atoms with Crippen LogP contribution in [0.4, 0.5) is 4.39 Å². The van der Waals surface area contributed by atoms with Gasteiger partial charge >= 0.3 is 5.97 Å². The molecule has 1 unspecified atom stereocenters. The zero-order valence-electron chi connectivity index (χ0n) is 7.40. The third kappa shape index (κ3) is 2.20. The summed E-state index contributed by atoms with van der Waals surface area (Å²) in [5, 5.41) is 17.6. The Morgan fingerprint density at radius 2 is 2.14 bits per heavy atom. The van der Waals surface area contributed by atoms with E-state index >= 15 is 0 Å². The summed E-state index contributed by atoms with van der Waals surface area (Å²) in [4.78, 5) is 10.4. The largest absolute Gasteiger partial charge is 0.497 e. The lowest BCUT2D eigenvalue weighted by atomic mass is 10.1. The van der Waals surface area contributed by atoms with Crippen LogP contribution in [0, 0.1) is 5.82 Å². The second kappa shape index (κ2) is 4.06. The van der Waals surface area contributed by atoms with Gasteiger partial charge in [-0.1, -0.05) is 0 Å². The Labute approximate surface area is 79.6 Å². The first-order valence-electron chi connectivity index (χ1n) is 3.80. The molecule has 0 fully saturated rings. The number of carboxylic acids is 1. The molecule has 0 spiro atoms. The Kier molecular flexibility index (Phi) is 3.03. The molecule has 0 amide bonds. The van der Waals surface area contributed by atoms with Crippen LogP contribution in [0.15, 0.2) is 18.2 Å². The average molecular weight is 200 g/mol. The highest BCUT2D eigenvalue weighted by Crippen LogP contribution is 2.21. The van der Waals surface area contributed by atoms with Crippen molar-refractivity contribution in [2.45, 2.75) is 6.10 Å². The maximum Gasteiger partial charge on any atom is 0.337 e. The van der Waals surface area contributed by atoms with Crippen LogP contribution in [-0.4, -0.2) is 23.3 Å². The van der Waals surface area contributed by atoms with Crippen molar-refractivity contribution in [1.29, 1.82) is 0 Å². The summed E-state index contributed by atoms with van der Waals surface area (Å²) in [5.41, 5.74) is -0.0469. The van der Waals surface area contributed by atoms with E-state index in [9.17, 15) is 9.18 Å². The van der Waals surface area contributed by atoms with E-state index in [0.29, 0.717) is 0 Å². The summed E-state index contributed by atoms with van der Waals surface area (Å²) in [7, 11) is 1.33. The fourth-order valence-electron chi connectivity index (χ4n) is 1.00. The summed E-state index contributed by atoms with van der Waals surface area (Å²) in [6.07, 6.45) is -1.74. The molecule has 0 aliphatic rings. The van der Waals surface area contributed by atoms with Crippen molar-refractivity contribution in [3.05, 3.63) is 29.6 Å². The molecule has 1 aromatic rings. The molecule has 0 heterocycles. The van der Waals surface area contributed by atoms with E-state index in [0.717, 1.165) is 12.1 Å². The minimum absolute atomic E-state index is 0.0469. The van der Waals surface area contributed by atoms with Crippen molar-refractivity contribution in [2.75, 3.05) is 7.11 Å². The first kappa shape index (κ1) is 10.5. The van der Waals surface area contributed by atoms with Crippen molar-refractivity contribution in [2.24, 2.45) is 0 Å². The highest BCUT2D eigenvalue weighted by molar-refractivity contribution is 5.74. The number of aliphatic carboxylic acids is 1. The SMILES string of the molecule is COc1cc(F)cc(C(O)C(=O)O)c1. The van der Waals surface area contributed by atoms with Gasteiger partial charge in [-0.25, -0.2) is 9.18 Å². The molecule has 76 valence electrons. The van der Waals surface area contributed by atoms with Crippen LogP contribution in [0.3, 0.4) is 0 Å². The van der Waals surface area contributed by atoms with Gasteiger partial charge in [0.15, 0.2) is 6.10 Å². The first-order chi connectivity index (χ1) is 6.54. The quantitative estimate of drug-likeness (QED) is 0.762. The number of rotatable bonds is 3. The second-order valence-corrected chi connectivity index (χ2v) is 2.67. The van der Waals surface area contributed by atoms with E-state index in [-0.39, 0.29) is 11.3 Å². The minimum atomic E-state index is -1.74. The topological polar surface area (TPSA) is 66.8 Å². The predicted octanol–water partition coefficient (Wildman–Crippen LogP) is 0.952. The number of benzene rings is 1. The molecule has 0 aromatic heterocycles. The van der Waals surface area contributed by atoms with Crippen molar-refractivity contribution in [1.82, 2.24) is 0 Å². The summed E-state index contributed by atoms with van der Waals surface area (Å²) in [6.45, 7) is 0. The van der Waals surface area contributed by atoms with Gasteiger partial charge in [0.25, 0.3) is 0 Å². The summed E-state index contributed by atoms with van der Waals surface area (Å²) in [5.74, 6) is -1.92. The number of aliphatic hydroxyl groups excluding tert-OH is 1. The number of hydrogen-bond acceptors (Lipinski definition) is 3. The summed E-state index contributed by atoms with van der Waals surface area (Å²) >= 11 is 0. The van der Waals surface area contributed by atoms with Gasteiger partial charge in [0, 0.05) is 6.07 Å². The molecule has 0 bridgehead atoms. The molecule has 0 aliphatic carbocycles. The van der Waals surface area contributed by atoms with Gasteiger partial charge in [-0.3, -0.25) is 0 Å². The van der Waals surface area contributed by atoms with Crippen molar-refractivity contribution in [3.63, 3.8) is 0 Å². The van der Waals surface area contributed by atoms with E-state index in [1.165, 1.54) is 13.2 Å². The smallest absolute Gasteiger partial charge is 0.337 e. The van der Waals surface area contributed by atoms with E-state index in [1.807, 2.05) is 0 Å². The van der Waals surface area contributed by atoms with Gasteiger partial charge in [-0.05, 0) is 17.7 Å². The zero-order valence-corrected chi connectivity index (χ0v) is 7.40. The van der Waals surface area contributed by atoms with Crippen LogP contribution in [0.1, 0.15) is 11.7 Å². The van der Waals surface area contributed by atoms with Crippen LogP contribution >= 0.6 is 0 Å². The molecule has 0 aliphatic heterocycles. The lowest BCUT2D eigenvalue weighted by Gasteiger charge is -2.07. The molecular weight excluding hydrogens is 191 g/mol. The van der Waals surface area contributed by atoms with E-state index in [4.69, 9.17) is 14.9 Å². The lowest BCUT2D eigenvalue weighted by molar-refractivity contribution is -0.146. The standard InChI is InChI=1S/C9H9FO4/c1-14-7-3-5(2-6(10)4-7)8(11)9(12)13/h2-4,8,11H,1H3,(H,12,13). The van der Waals surface area contributed by atoms with Gasteiger partial charge in [0.05, 0.1) is 7.11 Å². The first-order valence-corrected chi connectivity index (χ1v) is 3.80. The number of methoxy groups -OCH3 is 1. The van der Waals surface area contributed by atoms with Crippen molar-refractivity contribution in [3.8, 4) is 5.75 Å². The van der Waals surface area contributed by atoms with Crippen LogP contribution < -0.4 is 4.74 Å². The second-order valence-electron chi connectivity index (χ2n) is 2.67. The molecule has 0 radical (unpaired) electrons. The number of carboxylic acid groups (broad SMARTS) is 1. The average Bonchev–Trinajstić information content (AvgIpc) is 2.15. The molecule has 0 saturated heterocycles. The van der Waals surface area contributed by atoms with Gasteiger partial charge in [-0.2, -0.15) is 0 Å². The third-order valence-corrected chi connectivity index (χ3v) is 1.68.